The predicted molar refractivity (Wildman–Crippen MR) is 89.6 cm³/mol. The van der Waals surface area contributed by atoms with Gasteiger partial charge in [0.15, 0.2) is 6.61 Å². The highest BCUT2D eigenvalue weighted by Crippen LogP contribution is 2.25. The van der Waals surface area contributed by atoms with E-state index in [4.69, 9.17) is 4.74 Å². The van der Waals surface area contributed by atoms with Gasteiger partial charge in [0.25, 0.3) is 5.91 Å². The minimum atomic E-state index is -0.370. The van der Waals surface area contributed by atoms with Crippen LogP contribution in [0.1, 0.15) is 36.0 Å². The molecule has 1 fully saturated rings. The molecule has 0 spiro atoms. The molecule has 23 heavy (non-hydrogen) atoms. The minimum Gasteiger partial charge on any atom is -0.483 e. The Labute approximate surface area is 138 Å². The van der Waals surface area contributed by atoms with Crippen molar-refractivity contribution in [1.29, 1.82) is 0 Å². The second kappa shape index (κ2) is 7.49. The van der Waals surface area contributed by atoms with Crippen molar-refractivity contribution in [1.82, 2.24) is 10.2 Å². The van der Waals surface area contributed by atoms with E-state index >= 15 is 0 Å². The number of aryl methyl sites for hydroxylation is 3. The highest BCUT2D eigenvalue weighted by atomic mass is 16.5. The van der Waals surface area contributed by atoms with Gasteiger partial charge in [-0.2, -0.15) is 0 Å². The van der Waals surface area contributed by atoms with E-state index in [2.05, 4.69) is 5.32 Å². The molecule has 0 aromatic heterocycles. The van der Waals surface area contributed by atoms with Crippen molar-refractivity contribution in [3.05, 3.63) is 28.8 Å². The molecular formula is C18H26N2O3. The standard InChI is InChI=1S/C18H26N2O3/c1-12-9-13(2)17(14(3)10-12)23-11-16(21)20-8-6-5-7-15(20)18(22)19-4/h9-10,15H,5-8,11H2,1-4H3,(H,19,22). The van der Waals surface area contributed by atoms with Crippen LogP contribution in [0.5, 0.6) is 5.75 Å². The topological polar surface area (TPSA) is 58.6 Å². The molecule has 1 atom stereocenters. The smallest absolute Gasteiger partial charge is 0.261 e. The number of benzene rings is 1. The van der Waals surface area contributed by atoms with Gasteiger partial charge in [-0.25, -0.2) is 0 Å². The summed E-state index contributed by atoms with van der Waals surface area (Å²) in [5.41, 5.74) is 3.22. The molecule has 5 nitrogen and oxygen atoms in total. The van der Waals surface area contributed by atoms with Gasteiger partial charge in [0, 0.05) is 13.6 Å². The maximum atomic E-state index is 12.5. The lowest BCUT2D eigenvalue weighted by atomic mass is 10.0. The number of carbonyl (C=O) groups excluding carboxylic acids is 2. The summed E-state index contributed by atoms with van der Waals surface area (Å²) in [7, 11) is 1.61. The van der Waals surface area contributed by atoms with Crippen molar-refractivity contribution in [2.45, 2.75) is 46.1 Å². The van der Waals surface area contributed by atoms with Gasteiger partial charge in [-0.3, -0.25) is 9.59 Å². The Bertz CT molecular complexity index is 575. The first-order chi connectivity index (χ1) is 10.9. The zero-order valence-corrected chi connectivity index (χ0v) is 14.4. The first-order valence-electron chi connectivity index (χ1n) is 8.15. The third-order valence-corrected chi connectivity index (χ3v) is 4.32. The van der Waals surface area contributed by atoms with E-state index in [0.717, 1.165) is 29.7 Å². The number of amides is 2. The molecule has 5 heteroatoms. The van der Waals surface area contributed by atoms with Crippen LogP contribution in [0.4, 0.5) is 0 Å². The molecule has 0 radical (unpaired) electrons. The lowest BCUT2D eigenvalue weighted by Crippen LogP contribution is -2.52. The fraction of sp³-hybridized carbons (Fsp3) is 0.556. The van der Waals surface area contributed by atoms with Crippen LogP contribution < -0.4 is 10.1 Å². The van der Waals surface area contributed by atoms with Crippen LogP contribution in [-0.4, -0.2) is 43.0 Å². The molecule has 1 heterocycles. The van der Waals surface area contributed by atoms with Gasteiger partial charge in [-0.1, -0.05) is 17.7 Å². The van der Waals surface area contributed by atoms with Crippen LogP contribution in [0.3, 0.4) is 0 Å². The Kier molecular flexibility index (Phi) is 5.64. The van der Waals surface area contributed by atoms with E-state index in [9.17, 15) is 9.59 Å². The summed E-state index contributed by atoms with van der Waals surface area (Å²) < 4.78 is 5.78. The molecule has 2 amide bonds. The van der Waals surface area contributed by atoms with Crippen molar-refractivity contribution in [2.24, 2.45) is 0 Å². The van der Waals surface area contributed by atoms with E-state index in [1.807, 2.05) is 32.9 Å². The normalized spacial score (nSPS) is 17.7. The fourth-order valence-electron chi connectivity index (χ4n) is 3.28. The van der Waals surface area contributed by atoms with Crippen molar-refractivity contribution in [3.8, 4) is 5.75 Å². The maximum Gasteiger partial charge on any atom is 0.261 e. The molecule has 0 saturated carbocycles. The molecule has 1 saturated heterocycles. The molecule has 1 aromatic carbocycles. The highest BCUT2D eigenvalue weighted by molar-refractivity contribution is 5.88. The SMILES string of the molecule is CNC(=O)C1CCCCN1C(=O)COc1c(C)cc(C)cc1C. The van der Waals surface area contributed by atoms with Crippen molar-refractivity contribution < 1.29 is 14.3 Å². The third-order valence-electron chi connectivity index (χ3n) is 4.32. The van der Waals surface area contributed by atoms with Gasteiger partial charge in [-0.15, -0.1) is 0 Å². The number of likely N-dealkylation sites (N-methyl/N-ethyl adjacent to an activating group) is 1. The number of ether oxygens (including phenoxy) is 1. The van der Waals surface area contributed by atoms with Gasteiger partial charge in [0.2, 0.25) is 5.91 Å². The summed E-state index contributed by atoms with van der Waals surface area (Å²) in [4.78, 5) is 26.1. The monoisotopic (exact) mass is 318 g/mol. The first-order valence-corrected chi connectivity index (χ1v) is 8.15. The molecule has 1 aromatic rings. The number of nitrogens with zero attached hydrogens (tertiary/aromatic N) is 1. The van der Waals surface area contributed by atoms with E-state index in [1.165, 1.54) is 5.56 Å². The molecule has 1 aliphatic rings. The van der Waals surface area contributed by atoms with Crippen molar-refractivity contribution in [2.75, 3.05) is 20.2 Å². The number of carbonyl (C=O) groups is 2. The zero-order valence-electron chi connectivity index (χ0n) is 14.4. The third kappa shape index (κ3) is 4.03. The maximum absolute atomic E-state index is 12.5. The summed E-state index contributed by atoms with van der Waals surface area (Å²) in [5, 5.41) is 2.64. The van der Waals surface area contributed by atoms with Gasteiger partial charge in [0.05, 0.1) is 0 Å². The second-order valence-corrected chi connectivity index (χ2v) is 6.23. The van der Waals surface area contributed by atoms with E-state index in [1.54, 1.807) is 11.9 Å². The molecule has 126 valence electrons. The van der Waals surface area contributed by atoms with Gasteiger partial charge in [-0.05, 0) is 51.2 Å². The Hall–Kier alpha value is -2.04. The van der Waals surface area contributed by atoms with Crippen LogP contribution in [0, 0.1) is 20.8 Å². The van der Waals surface area contributed by atoms with Crippen molar-refractivity contribution >= 4 is 11.8 Å². The fourth-order valence-corrected chi connectivity index (χ4v) is 3.28. The van der Waals surface area contributed by atoms with Crippen LogP contribution in [0.15, 0.2) is 12.1 Å². The quantitative estimate of drug-likeness (QED) is 0.925. The number of nitrogens with one attached hydrogen (secondary N) is 1. The molecule has 0 aliphatic carbocycles. The zero-order chi connectivity index (χ0) is 17.0. The summed E-state index contributed by atoms with van der Waals surface area (Å²) in [6.07, 6.45) is 2.62. The van der Waals surface area contributed by atoms with Gasteiger partial charge >= 0.3 is 0 Å². The summed E-state index contributed by atoms with van der Waals surface area (Å²) >= 11 is 0. The number of piperidine rings is 1. The lowest BCUT2D eigenvalue weighted by molar-refractivity contribution is -0.143. The van der Waals surface area contributed by atoms with E-state index in [0.29, 0.717) is 13.0 Å². The number of likely N-dealkylation sites (tertiary alicyclic amines) is 1. The Balaban J connectivity index is 2.05. The van der Waals surface area contributed by atoms with Crippen LogP contribution in [0.25, 0.3) is 0 Å². The average molecular weight is 318 g/mol. The minimum absolute atomic E-state index is 0.0295. The summed E-state index contributed by atoms with van der Waals surface area (Å²) in [5.74, 6) is 0.538. The summed E-state index contributed by atoms with van der Waals surface area (Å²) in [6, 6.07) is 3.72. The van der Waals surface area contributed by atoms with E-state index in [-0.39, 0.29) is 24.5 Å². The number of hydrogen-bond donors (Lipinski definition) is 1. The van der Waals surface area contributed by atoms with Gasteiger partial charge in [0.1, 0.15) is 11.8 Å². The number of hydrogen-bond acceptors (Lipinski definition) is 3. The summed E-state index contributed by atoms with van der Waals surface area (Å²) in [6.45, 7) is 6.59. The lowest BCUT2D eigenvalue weighted by Gasteiger charge is -2.34. The molecule has 1 aliphatic heterocycles. The average Bonchev–Trinajstić information content (AvgIpc) is 2.52. The largest absolute Gasteiger partial charge is 0.483 e. The Morgan fingerprint density at radius 3 is 2.48 bits per heavy atom. The predicted octanol–water partition coefficient (Wildman–Crippen LogP) is 2.12. The van der Waals surface area contributed by atoms with E-state index < -0.39 is 0 Å². The molecule has 1 unspecified atom stereocenters. The van der Waals surface area contributed by atoms with Crippen LogP contribution >= 0.6 is 0 Å². The Morgan fingerprint density at radius 1 is 1.22 bits per heavy atom. The number of rotatable bonds is 4. The molecular weight excluding hydrogens is 292 g/mol. The van der Waals surface area contributed by atoms with Crippen LogP contribution in [-0.2, 0) is 9.59 Å². The first kappa shape index (κ1) is 17.3. The highest BCUT2D eigenvalue weighted by Gasteiger charge is 2.31. The molecule has 2 rings (SSSR count). The molecule has 0 bridgehead atoms. The van der Waals surface area contributed by atoms with Gasteiger partial charge < -0.3 is 15.0 Å². The Morgan fingerprint density at radius 2 is 1.87 bits per heavy atom. The van der Waals surface area contributed by atoms with Crippen LogP contribution in [0.2, 0.25) is 0 Å². The van der Waals surface area contributed by atoms with Crippen molar-refractivity contribution in [3.63, 3.8) is 0 Å². The molecule has 1 N–H and O–H groups in total. The second-order valence-electron chi connectivity index (χ2n) is 6.23.